The van der Waals surface area contributed by atoms with Gasteiger partial charge in [-0.15, -0.1) is 0 Å². The lowest BCUT2D eigenvalue weighted by molar-refractivity contribution is -0.121. The van der Waals surface area contributed by atoms with Gasteiger partial charge in [-0.1, -0.05) is 10.3 Å². The van der Waals surface area contributed by atoms with E-state index in [4.69, 9.17) is 4.84 Å². The quantitative estimate of drug-likeness (QED) is 0.433. The molecule has 2 amide bonds. The summed E-state index contributed by atoms with van der Waals surface area (Å²) in [5, 5.41) is 9.35. The second kappa shape index (κ2) is 8.04. The van der Waals surface area contributed by atoms with Crippen LogP contribution in [0.4, 0.5) is 4.79 Å². The van der Waals surface area contributed by atoms with E-state index in [2.05, 4.69) is 20.5 Å². The summed E-state index contributed by atoms with van der Waals surface area (Å²) in [6.45, 7) is 3.64. The maximum Gasteiger partial charge on any atom is 0.433 e. The molecule has 102 valence electrons. The van der Waals surface area contributed by atoms with Crippen molar-refractivity contribution in [1.29, 1.82) is 0 Å². The molecular weight excluding hydrogens is 240 g/mol. The van der Waals surface area contributed by atoms with Crippen LogP contribution in [0.15, 0.2) is 10.3 Å². The van der Waals surface area contributed by atoms with E-state index in [-0.39, 0.29) is 11.4 Å². The highest BCUT2D eigenvalue weighted by Crippen LogP contribution is 1.94. The lowest BCUT2D eigenvalue weighted by Crippen LogP contribution is -2.35. The summed E-state index contributed by atoms with van der Waals surface area (Å²) in [6.07, 6.45) is -0.775. The number of hydrogen-bond acceptors (Lipinski definition) is 6. The summed E-state index contributed by atoms with van der Waals surface area (Å²) in [7, 11) is 4.48. The number of hydrogen-bond donors (Lipinski definition) is 1. The Morgan fingerprint density at radius 2 is 1.89 bits per heavy atom. The van der Waals surface area contributed by atoms with Gasteiger partial charge in [0, 0.05) is 21.1 Å². The van der Waals surface area contributed by atoms with E-state index in [1.165, 1.54) is 18.9 Å². The Labute approximate surface area is 106 Å². The van der Waals surface area contributed by atoms with Gasteiger partial charge in [-0.25, -0.2) is 4.79 Å². The van der Waals surface area contributed by atoms with Gasteiger partial charge < -0.3 is 15.1 Å². The van der Waals surface area contributed by atoms with Crippen molar-refractivity contribution in [3.05, 3.63) is 0 Å². The van der Waals surface area contributed by atoms with Crippen LogP contribution in [0.5, 0.6) is 0 Å². The van der Waals surface area contributed by atoms with Crippen molar-refractivity contribution in [2.24, 2.45) is 10.3 Å². The molecule has 0 aliphatic carbocycles. The highest BCUT2D eigenvalue weighted by atomic mass is 16.7. The van der Waals surface area contributed by atoms with Crippen molar-refractivity contribution < 1.29 is 19.3 Å². The average Bonchev–Trinajstić information content (AvgIpc) is 2.35. The third-order valence-electron chi connectivity index (χ3n) is 1.71. The minimum absolute atomic E-state index is 0.1000. The number of carbonyl (C=O) groups excluding carboxylic acids is 2. The van der Waals surface area contributed by atoms with E-state index in [1.807, 2.05) is 0 Å². The van der Waals surface area contributed by atoms with Gasteiger partial charge in [-0.2, -0.15) is 0 Å². The number of rotatable bonds is 5. The molecule has 8 heteroatoms. The van der Waals surface area contributed by atoms with Gasteiger partial charge in [0.05, 0.1) is 0 Å². The highest BCUT2D eigenvalue weighted by Gasteiger charge is 2.19. The fraction of sp³-hybridized carbons (Fsp3) is 0.600. The summed E-state index contributed by atoms with van der Waals surface area (Å²) in [6, 6.07) is 0. The van der Waals surface area contributed by atoms with Crippen LogP contribution in [0.1, 0.15) is 13.8 Å². The first kappa shape index (κ1) is 15.9. The third kappa shape index (κ3) is 5.28. The molecule has 0 saturated carbocycles. The van der Waals surface area contributed by atoms with Crippen LogP contribution in [-0.4, -0.2) is 56.1 Å². The van der Waals surface area contributed by atoms with Crippen LogP contribution in [0.3, 0.4) is 0 Å². The number of oxime groups is 2. The molecule has 0 unspecified atom stereocenters. The smallest absolute Gasteiger partial charge is 0.396 e. The molecule has 0 heterocycles. The first-order valence-corrected chi connectivity index (χ1v) is 5.29. The minimum atomic E-state index is -0.775. The van der Waals surface area contributed by atoms with E-state index in [0.29, 0.717) is 6.61 Å². The van der Waals surface area contributed by atoms with Crippen molar-refractivity contribution in [3.8, 4) is 0 Å². The summed E-state index contributed by atoms with van der Waals surface area (Å²) in [4.78, 5) is 33.3. The Bertz CT molecular complexity index is 363. The average molecular weight is 258 g/mol. The zero-order valence-corrected chi connectivity index (χ0v) is 11.2. The van der Waals surface area contributed by atoms with Crippen LogP contribution >= 0.6 is 0 Å². The summed E-state index contributed by atoms with van der Waals surface area (Å²) < 4.78 is 0. The maximum absolute atomic E-state index is 11.8. The van der Waals surface area contributed by atoms with Crippen molar-refractivity contribution >= 4 is 23.4 Å². The lowest BCUT2D eigenvalue weighted by Gasteiger charge is -2.11. The van der Waals surface area contributed by atoms with Gasteiger partial charge in [0.2, 0.25) is 0 Å². The molecule has 0 saturated heterocycles. The predicted octanol–water partition coefficient (Wildman–Crippen LogP) is 0.199. The fourth-order valence-corrected chi connectivity index (χ4v) is 0.809. The monoisotopic (exact) mass is 258 g/mol. The number of amides is 2. The summed E-state index contributed by atoms with van der Waals surface area (Å²) in [5.74, 6) is -0.445. The third-order valence-corrected chi connectivity index (χ3v) is 1.71. The minimum Gasteiger partial charge on any atom is -0.396 e. The Kier molecular flexibility index (Phi) is 7.10. The van der Waals surface area contributed by atoms with Crippen molar-refractivity contribution in [2.75, 3.05) is 27.7 Å². The molecular formula is C10H18N4O4. The standard InChI is InChI=1S/C10H18N4O4/c1-6-17-12-7(2)8(9(15)14(4)5)13-18-10(16)11-3/h6H2,1-5H3,(H,11,16). The van der Waals surface area contributed by atoms with E-state index in [1.54, 1.807) is 21.0 Å². The Morgan fingerprint density at radius 1 is 1.28 bits per heavy atom. The largest absolute Gasteiger partial charge is 0.433 e. The van der Waals surface area contributed by atoms with Crippen LogP contribution < -0.4 is 5.32 Å². The molecule has 8 nitrogen and oxygen atoms in total. The van der Waals surface area contributed by atoms with Gasteiger partial charge in [0.25, 0.3) is 5.91 Å². The number of nitrogens with zero attached hydrogens (tertiary/aromatic N) is 3. The molecule has 0 aromatic carbocycles. The molecule has 0 radical (unpaired) electrons. The second-order valence-corrected chi connectivity index (χ2v) is 3.36. The van der Waals surface area contributed by atoms with Crippen molar-refractivity contribution in [1.82, 2.24) is 10.2 Å². The van der Waals surface area contributed by atoms with Crippen LogP contribution in [0.25, 0.3) is 0 Å². The zero-order valence-electron chi connectivity index (χ0n) is 11.2. The Balaban J connectivity index is 5.05. The fourth-order valence-electron chi connectivity index (χ4n) is 0.809. The van der Waals surface area contributed by atoms with E-state index in [0.717, 1.165) is 0 Å². The zero-order chi connectivity index (χ0) is 14.1. The predicted molar refractivity (Wildman–Crippen MR) is 66.4 cm³/mol. The molecule has 0 fully saturated rings. The molecule has 0 spiro atoms. The molecule has 1 N–H and O–H groups in total. The van der Waals surface area contributed by atoms with Gasteiger partial charge in [0.1, 0.15) is 12.3 Å². The maximum atomic E-state index is 11.8. The summed E-state index contributed by atoms with van der Waals surface area (Å²) >= 11 is 0. The molecule has 0 aliphatic heterocycles. The first-order chi connectivity index (χ1) is 8.43. The number of nitrogens with one attached hydrogen (secondary N) is 1. The number of carbonyl (C=O) groups is 2. The Morgan fingerprint density at radius 3 is 2.33 bits per heavy atom. The summed E-state index contributed by atoms with van der Waals surface area (Å²) in [5.41, 5.74) is 0.122. The normalized spacial score (nSPS) is 11.8. The van der Waals surface area contributed by atoms with Gasteiger partial charge >= 0.3 is 6.09 Å². The highest BCUT2D eigenvalue weighted by molar-refractivity contribution is 6.66. The molecule has 0 aliphatic rings. The molecule has 0 rings (SSSR count). The van der Waals surface area contributed by atoms with Crippen molar-refractivity contribution in [3.63, 3.8) is 0 Å². The topological polar surface area (TPSA) is 92.6 Å². The molecule has 18 heavy (non-hydrogen) atoms. The van der Waals surface area contributed by atoms with Crippen molar-refractivity contribution in [2.45, 2.75) is 13.8 Å². The van der Waals surface area contributed by atoms with Gasteiger partial charge in [-0.3, -0.25) is 9.63 Å². The van der Waals surface area contributed by atoms with Gasteiger partial charge in [0.15, 0.2) is 5.71 Å². The Hall–Kier alpha value is -2.12. The lowest BCUT2D eigenvalue weighted by atomic mass is 10.2. The SMILES string of the molecule is CCON=C(C)C(=NOC(=O)NC)C(=O)N(C)C. The van der Waals surface area contributed by atoms with E-state index in [9.17, 15) is 9.59 Å². The molecule has 0 bridgehead atoms. The molecule has 0 atom stereocenters. The van der Waals surface area contributed by atoms with Crippen LogP contribution in [0.2, 0.25) is 0 Å². The van der Waals surface area contributed by atoms with Crippen LogP contribution in [0, 0.1) is 0 Å². The molecule has 0 aromatic heterocycles. The van der Waals surface area contributed by atoms with Crippen LogP contribution in [-0.2, 0) is 14.5 Å². The first-order valence-electron chi connectivity index (χ1n) is 5.29. The van der Waals surface area contributed by atoms with E-state index < -0.39 is 12.0 Å². The second-order valence-electron chi connectivity index (χ2n) is 3.36. The van der Waals surface area contributed by atoms with E-state index >= 15 is 0 Å². The molecule has 0 aromatic rings. The van der Waals surface area contributed by atoms with Gasteiger partial charge in [-0.05, 0) is 13.8 Å².